The van der Waals surface area contributed by atoms with Crippen molar-refractivity contribution in [2.45, 2.75) is 0 Å². The average Bonchev–Trinajstić information content (AvgIpc) is 2.98. The number of hydrogen-bond donors (Lipinski definition) is 1. The Hall–Kier alpha value is -2.88. The Morgan fingerprint density at radius 3 is 2.70 bits per heavy atom. The summed E-state index contributed by atoms with van der Waals surface area (Å²) in [5.41, 5.74) is 4.20. The zero-order valence-electron chi connectivity index (χ0n) is 10.6. The van der Waals surface area contributed by atoms with Crippen LogP contribution in [0, 0.1) is 0 Å². The smallest absolute Gasteiger partial charge is 0.292 e. The number of rotatable bonds is 1. The van der Waals surface area contributed by atoms with Crippen LogP contribution in [0.15, 0.2) is 65.7 Å². The maximum Gasteiger partial charge on any atom is 0.292 e. The molecule has 4 aromatic rings. The average molecular weight is 261 g/mol. The first-order valence-electron chi connectivity index (χ1n) is 6.37. The number of fused-ring (bicyclic) bond motifs is 3. The van der Waals surface area contributed by atoms with E-state index in [1.807, 2.05) is 34.7 Å². The van der Waals surface area contributed by atoms with Gasteiger partial charge in [-0.3, -0.25) is 9.20 Å². The molecule has 0 atom stereocenters. The zero-order valence-corrected chi connectivity index (χ0v) is 10.6. The predicted molar refractivity (Wildman–Crippen MR) is 78.8 cm³/mol. The van der Waals surface area contributed by atoms with Crippen molar-refractivity contribution in [3.05, 3.63) is 71.3 Å². The molecule has 0 aliphatic rings. The molecule has 2 aromatic carbocycles. The highest BCUT2D eigenvalue weighted by Gasteiger charge is 2.06. The fraction of sp³-hybridized carbons (Fsp3) is 0. The predicted octanol–water partition coefficient (Wildman–Crippen LogP) is 2.84. The van der Waals surface area contributed by atoms with Gasteiger partial charge in [0.2, 0.25) is 5.65 Å². The summed E-state index contributed by atoms with van der Waals surface area (Å²) in [6, 6.07) is 16.1. The third kappa shape index (κ3) is 1.55. The first-order chi connectivity index (χ1) is 9.83. The summed E-state index contributed by atoms with van der Waals surface area (Å²) in [6.45, 7) is 0. The Balaban J connectivity index is 2.05. The quantitative estimate of drug-likeness (QED) is 0.573. The molecule has 2 aromatic heterocycles. The van der Waals surface area contributed by atoms with Gasteiger partial charge in [-0.15, -0.1) is 0 Å². The van der Waals surface area contributed by atoms with E-state index in [0.717, 1.165) is 22.2 Å². The number of nitrogens with one attached hydrogen (secondary N) is 1. The lowest BCUT2D eigenvalue weighted by Gasteiger charge is -2.05. The first-order valence-corrected chi connectivity index (χ1v) is 6.37. The van der Waals surface area contributed by atoms with Crippen LogP contribution in [-0.4, -0.2) is 14.4 Å². The summed E-state index contributed by atoms with van der Waals surface area (Å²) in [5, 5.41) is 0. The molecule has 0 unspecified atom stereocenters. The van der Waals surface area contributed by atoms with Crippen LogP contribution in [0.2, 0.25) is 0 Å². The molecule has 0 aliphatic carbocycles. The van der Waals surface area contributed by atoms with Gasteiger partial charge in [0.25, 0.3) is 5.56 Å². The molecule has 0 aliphatic heterocycles. The van der Waals surface area contributed by atoms with Crippen molar-refractivity contribution >= 4 is 16.7 Å². The van der Waals surface area contributed by atoms with Crippen molar-refractivity contribution in [3.63, 3.8) is 0 Å². The molecule has 4 rings (SSSR count). The van der Waals surface area contributed by atoms with Gasteiger partial charge in [0.1, 0.15) is 0 Å². The minimum absolute atomic E-state index is 0.173. The van der Waals surface area contributed by atoms with Gasteiger partial charge in [-0.25, -0.2) is 4.98 Å². The summed E-state index contributed by atoms with van der Waals surface area (Å²) < 4.78 is 1.81. The molecular weight excluding hydrogens is 250 g/mol. The summed E-state index contributed by atoms with van der Waals surface area (Å²) >= 11 is 0. The summed E-state index contributed by atoms with van der Waals surface area (Å²) in [5.74, 6) is 0. The number of H-pyrrole nitrogens is 1. The monoisotopic (exact) mass is 261 g/mol. The van der Waals surface area contributed by atoms with E-state index < -0.39 is 0 Å². The highest BCUT2D eigenvalue weighted by Crippen LogP contribution is 2.22. The van der Waals surface area contributed by atoms with Gasteiger partial charge >= 0.3 is 0 Å². The lowest BCUT2D eigenvalue weighted by molar-refractivity contribution is 1.17. The number of aromatic amines is 1. The van der Waals surface area contributed by atoms with Crippen LogP contribution >= 0.6 is 0 Å². The molecule has 0 fully saturated rings. The molecule has 20 heavy (non-hydrogen) atoms. The molecule has 1 N–H and O–H groups in total. The van der Waals surface area contributed by atoms with Crippen molar-refractivity contribution in [2.24, 2.45) is 0 Å². The van der Waals surface area contributed by atoms with Crippen molar-refractivity contribution in [2.75, 3.05) is 0 Å². The number of hydrogen-bond acceptors (Lipinski definition) is 2. The molecule has 0 radical (unpaired) electrons. The molecule has 2 heterocycles. The van der Waals surface area contributed by atoms with Crippen molar-refractivity contribution in [1.82, 2.24) is 14.4 Å². The van der Waals surface area contributed by atoms with Crippen molar-refractivity contribution < 1.29 is 0 Å². The largest absolute Gasteiger partial charge is 0.317 e. The van der Waals surface area contributed by atoms with E-state index in [9.17, 15) is 4.79 Å². The van der Waals surface area contributed by atoms with E-state index in [-0.39, 0.29) is 5.56 Å². The third-order valence-electron chi connectivity index (χ3n) is 3.46. The van der Waals surface area contributed by atoms with Crippen LogP contribution in [0.4, 0.5) is 0 Å². The van der Waals surface area contributed by atoms with Crippen LogP contribution in [0.5, 0.6) is 0 Å². The second-order valence-corrected chi connectivity index (χ2v) is 4.67. The zero-order chi connectivity index (χ0) is 13.5. The molecular formula is C16H11N3O. The fourth-order valence-electron chi connectivity index (χ4n) is 2.50. The Morgan fingerprint density at radius 2 is 1.85 bits per heavy atom. The second-order valence-electron chi connectivity index (χ2n) is 4.67. The number of nitrogens with zero attached hydrogens (tertiary/aromatic N) is 2. The van der Waals surface area contributed by atoms with Gasteiger partial charge < -0.3 is 4.98 Å². The number of imidazole rings is 1. The number of benzene rings is 2. The topological polar surface area (TPSA) is 50.2 Å². The third-order valence-corrected chi connectivity index (χ3v) is 3.46. The Morgan fingerprint density at radius 1 is 1.00 bits per heavy atom. The molecule has 96 valence electrons. The van der Waals surface area contributed by atoms with Gasteiger partial charge in [-0.2, -0.15) is 0 Å². The summed E-state index contributed by atoms with van der Waals surface area (Å²) in [6.07, 6.45) is 3.43. The van der Waals surface area contributed by atoms with Crippen molar-refractivity contribution in [3.8, 4) is 11.1 Å². The van der Waals surface area contributed by atoms with E-state index >= 15 is 0 Å². The van der Waals surface area contributed by atoms with E-state index in [1.165, 1.54) is 0 Å². The maximum absolute atomic E-state index is 12.0. The van der Waals surface area contributed by atoms with Crippen LogP contribution in [0.1, 0.15) is 0 Å². The normalized spacial score (nSPS) is 11.2. The van der Waals surface area contributed by atoms with Crippen LogP contribution in [0.3, 0.4) is 0 Å². The Kier molecular flexibility index (Phi) is 2.23. The number of aromatic nitrogens is 3. The Bertz CT molecular complexity index is 967. The van der Waals surface area contributed by atoms with Crippen molar-refractivity contribution in [1.29, 1.82) is 0 Å². The van der Waals surface area contributed by atoms with Crippen LogP contribution in [0.25, 0.3) is 27.8 Å². The fourth-order valence-corrected chi connectivity index (χ4v) is 2.50. The minimum Gasteiger partial charge on any atom is -0.317 e. The molecule has 4 heteroatoms. The lowest BCUT2D eigenvalue weighted by Crippen LogP contribution is -2.10. The van der Waals surface area contributed by atoms with Gasteiger partial charge in [0.15, 0.2) is 0 Å². The van der Waals surface area contributed by atoms with Crippen LogP contribution < -0.4 is 5.56 Å². The maximum atomic E-state index is 12.0. The molecule has 0 bridgehead atoms. The van der Waals surface area contributed by atoms with Gasteiger partial charge in [0, 0.05) is 12.4 Å². The highest BCUT2D eigenvalue weighted by atomic mass is 16.1. The Labute approximate surface area is 114 Å². The minimum atomic E-state index is -0.173. The SMILES string of the molecule is O=c1[nH]c2cc(-c3ccccc3)ccc2n2ccnc12. The highest BCUT2D eigenvalue weighted by molar-refractivity contribution is 5.83. The molecule has 0 spiro atoms. The molecule has 0 saturated heterocycles. The van der Waals surface area contributed by atoms with E-state index in [1.54, 1.807) is 12.4 Å². The van der Waals surface area contributed by atoms with Gasteiger partial charge in [-0.05, 0) is 23.3 Å². The van der Waals surface area contributed by atoms with E-state index in [0.29, 0.717) is 5.65 Å². The van der Waals surface area contributed by atoms with E-state index in [2.05, 4.69) is 28.2 Å². The lowest BCUT2D eigenvalue weighted by atomic mass is 10.1. The van der Waals surface area contributed by atoms with Gasteiger partial charge in [0.05, 0.1) is 11.0 Å². The molecule has 0 amide bonds. The molecule has 0 saturated carbocycles. The summed E-state index contributed by atoms with van der Waals surface area (Å²) in [4.78, 5) is 18.9. The standard InChI is InChI=1S/C16H11N3O/c20-16-15-17-8-9-19(15)14-7-6-12(10-13(14)18-16)11-4-2-1-3-5-11/h1-10H,(H,18,20). The van der Waals surface area contributed by atoms with Crippen LogP contribution in [-0.2, 0) is 0 Å². The second kappa shape index (κ2) is 4.06. The molecule has 4 nitrogen and oxygen atoms in total. The van der Waals surface area contributed by atoms with E-state index in [4.69, 9.17) is 0 Å². The summed E-state index contributed by atoms with van der Waals surface area (Å²) in [7, 11) is 0. The first kappa shape index (κ1) is 11.0. The van der Waals surface area contributed by atoms with Gasteiger partial charge in [-0.1, -0.05) is 36.4 Å².